The molecule has 1 amide bonds. The summed E-state index contributed by atoms with van der Waals surface area (Å²) in [6.45, 7) is 0.664. The molecule has 7 heteroatoms. The molecule has 2 heterocycles. The lowest BCUT2D eigenvalue weighted by Gasteiger charge is -2.36. The molecular weight excluding hydrogens is 248 g/mol. The Hall–Kier alpha value is -2.18. The largest absolute Gasteiger partial charge is 0.481 e. The van der Waals surface area contributed by atoms with Gasteiger partial charge in [0, 0.05) is 25.0 Å². The number of piperidine rings is 1. The Morgan fingerprint density at radius 1 is 1.37 bits per heavy atom. The van der Waals surface area contributed by atoms with Crippen LogP contribution in [0.2, 0.25) is 0 Å². The number of carboxylic acids is 1. The monoisotopic (exact) mass is 264 g/mol. The van der Waals surface area contributed by atoms with Gasteiger partial charge in [0.15, 0.2) is 11.5 Å². The number of anilines is 1. The van der Waals surface area contributed by atoms with Crippen LogP contribution in [0, 0.1) is 0 Å². The number of amides is 1. The third kappa shape index (κ3) is 2.98. The lowest BCUT2D eigenvalue weighted by atomic mass is 9.99. The second-order valence-electron chi connectivity index (χ2n) is 4.53. The number of aromatic nitrogens is 2. The number of rotatable bonds is 4. The van der Waals surface area contributed by atoms with E-state index in [4.69, 9.17) is 10.8 Å². The third-order valence-electron chi connectivity index (χ3n) is 3.22. The summed E-state index contributed by atoms with van der Waals surface area (Å²) in [5, 5.41) is 8.95. The van der Waals surface area contributed by atoms with E-state index in [2.05, 4.69) is 9.97 Å². The van der Waals surface area contributed by atoms with E-state index in [1.165, 1.54) is 12.4 Å². The average molecular weight is 264 g/mol. The fourth-order valence-electron chi connectivity index (χ4n) is 2.41. The highest BCUT2D eigenvalue weighted by Gasteiger charge is 2.28. The minimum Gasteiger partial charge on any atom is -0.481 e. The molecule has 1 aromatic heterocycles. The maximum Gasteiger partial charge on any atom is 0.305 e. The summed E-state index contributed by atoms with van der Waals surface area (Å²) in [7, 11) is 0. The fourth-order valence-corrected chi connectivity index (χ4v) is 2.41. The van der Waals surface area contributed by atoms with Gasteiger partial charge in [-0.25, -0.2) is 9.97 Å². The lowest BCUT2D eigenvalue weighted by Crippen LogP contribution is -2.42. The Balaban J connectivity index is 2.32. The number of primary amides is 1. The zero-order valence-electron chi connectivity index (χ0n) is 10.5. The Kier molecular flexibility index (Phi) is 3.94. The number of carbonyl (C=O) groups excluding carboxylic acids is 1. The highest BCUT2D eigenvalue weighted by molar-refractivity contribution is 5.95. The van der Waals surface area contributed by atoms with Gasteiger partial charge >= 0.3 is 5.97 Å². The first-order valence-electron chi connectivity index (χ1n) is 6.19. The first kappa shape index (κ1) is 13.3. The van der Waals surface area contributed by atoms with Crippen molar-refractivity contribution in [3.05, 3.63) is 18.1 Å². The zero-order valence-corrected chi connectivity index (χ0v) is 10.5. The molecule has 102 valence electrons. The molecule has 1 aliphatic rings. The molecule has 0 bridgehead atoms. The van der Waals surface area contributed by atoms with Crippen LogP contribution in [0.3, 0.4) is 0 Å². The van der Waals surface area contributed by atoms with E-state index in [1.54, 1.807) is 0 Å². The molecule has 19 heavy (non-hydrogen) atoms. The van der Waals surface area contributed by atoms with Crippen LogP contribution in [-0.2, 0) is 4.79 Å². The molecule has 0 radical (unpaired) electrons. The molecule has 3 N–H and O–H groups in total. The standard InChI is InChI=1S/C12H16N4O3/c13-11(19)10-12(15-5-4-14-10)16-6-2-1-3-8(16)7-9(17)18/h4-5,8H,1-3,6-7H2,(H2,13,19)(H,17,18). The predicted molar refractivity (Wildman–Crippen MR) is 67.8 cm³/mol. The van der Waals surface area contributed by atoms with Crippen LogP contribution in [0.15, 0.2) is 12.4 Å². The highest BCUT2D eigenvalue weighted by atomic mass is 16.4. The van der Waals surface area contributed by atoms with Gasteiger partial charge in [-0.3, -0.25) is 9.59 Å². The number of nitrogens with two attached hydrogens (primary N) is 1. The summed E-state index contributed by atoms with van der Waals surface area (Å²) in [5.74, 6) is -1.12. The van der Waals surface area contributed by atoms with Gasteiger partial charge in [-0.15, -0.1) is 0 Å². The van der Waals surface area contributed by atoms with E-state index in [-0.39, 0.29) is 18.2 Å². The minimum atomic E-state index is -0.860. The van der Waals surface area contributed by atoms with Crippen molar-refractivity contribution >= 4 is 17.7 Å². The maximum atomic E-state index is 11.4. The molecule has 1 atom stereocenters. The summed E-state index contributed by atoms with van der Waals surface area (Å²) in [4.78, 5) is 32.2. The second kappa shape index (κ2) is 5.64. The summed E-state index contributed by atoms with van der Waals surface area (Å²) in [6.07, 6.45) is 5.58. The highest BCUT2D eigenvalue weighted by Crippen LogP contribution is 2.26. The van der Waals surface area contributed by atoms with Crippen LogP contribution in [-0.4, -0.2) is 39.5 Å². The first-order valence-corrected chi connectivity index (χ1v) is 6.19. The van der Waals surface area contributed by atoms with Gasteiger partial charge in [0.2, 0.25) is 0 Å². The van der Waals surface area contributed by atoms with E-state index in [0.29, 0.717) is 12.4 Å². The van der Waals surface area contributed by atoms with Crippen molar-refractivity contribution in [2.75, 3.05) is 11.4 Å². The topological polar surface area (TPSA) is 109 Å². The van der Waals surface area contributed by atoms with Crippen molar-refractivity contribution in [3.8, 4) is 0 Å². The number of aliphatic carboxylic acids is 1. The van der Waals surface area contributed by atoms with Gasteiger partial charge < -0.3 is 15.7 Å². The Morgan fingerprint density at radius 3 is 2.79 bits per heavy atom. The first-order chi connectivity index (χ1) is 9.09. The maximum absolute atomic E-state index is 11.4. The van der Waals surface area contributed by atoms with Crippen molar-refractivity contribution in [2.24, 2.45) is 5.73 Å². The number of hydrogen-bond acceptors (Lipinski definition) is 5. The van der Waals surface area contributed by atoms with E-state index < -0.39 is 11.9 Å². The molecule has 0 spiro atoms. The van der Waals surface area contributed by atoms with Crippen LogP contribution < -0.4 is 10.6 Å². The van der Waals surface area contributed by atoms with Crippen LogP contribution >= 0.6 is 0 Å². The van der Waals surface area contributed by atoms with Crippen molar-refractivity contribution in [2.45, 2.75) is 31.7 Å². The van der Waals surface area contributed by atoms with Crippen molar-refractivity contribution in [3.63, 3.8) is 0 Å². The molecule has 0 aromatic carbocycles. The molecule has 1 aliphatic heterocycles. The fraction of sp³-hybridized carbons (Fsp3) is 0.500. The zero-order chi connectivity index (χ0) is 13.8. The van der Waals surface area contributed by atoms with Crippen LogP contribution in [0.5, 0.6) is 0 Å². The number of carbonyl (C=O) groups is 2. The summed E-state index contributed by atoms with van der Waals surface area (Å²) < 4.78 is 0. The SMILES string of the molecule is NC(=O)c1nccnc1N1CCCCC1CC(=O)O. The van der Waals surface area contributed by atoms with Crippen molar-refractivity contribution < 1.29 is 14.7 Å². The predicted octanol–water partition coefficient (Wildman–Crippen LogP) is 0.409. The molecule has 7 nitrogen and oxygen atoms in total. The smallest absolute Gasteiger partial charge is 0.305 e. The van der Waals surface area contributed by atoms with Gasteiger partial charge in [-0.2, -0.15) is 0 Å². The molecule has 1 aromatic rings. The van der Waals surface area contributed by atoms with E-state index in [0.717, 1.165) is 19.3 Å². The Bertz CT molecular complexity index is 492. The van der Waals surface area contributed by atoms with Gasteiger partial charge in [0.05, 0.1) is 6.42 Å². The molecule has 1 saturated heterocycles. The quantitative estimate of drug-likeness (QED) is 0.815. The van der Waals surface area contributed by atoms with Gasteiger partial charge in [-0.05, 0) is 19.3 Å². The molecule has 0 saturated carbocycles. The van der Waals surface area contributed by atoms with Crippen molar-refractivity contribution in [1.82, 2.24) is 9.97 Å². The average Bonchev–Trinajstić information content (AvgIpc) is 2.38. The van der Waals surface area contributed by atoms with E-state index in [1.807, 2.05) is 4.90 Å². The summed E-state index contributed by atoms with van der Waals surface area (Å²) in [5.41, 5.74) is 5.38. The Morgan fingerprint density at radius 2 is 2.11 bits per heavy atom. The van der Waals surface area contributed by atoms with Gasteiger partial charge in [-0.1, -0.05) is 0 Å². The lowest BCUT2D eigenvalue weighted by molar-refractivity contribution is -0.137. The van der Waals surface area contributed by atoms with Crippen LogP contribution in [0.4, 0.5) is 5.82 Å². The molecule has 2 rings (SSSR count). The van der Waals surface area contributed by atoms with E-state index in [9.17, 15) is 9.59 Å². The normalized spacial score (nSPS) is 19.2. The summed E-state index contributed by atoms with van der Waals surface area (Å²) >= 11 is 0. The second-order valence-corrected chi connectivity index (χ2v) is 4.53. The van der Waals surface area contributed by atoms with Gasteiger partial charge in [0.1, 0.15) is 0 Å². The molecule has 1 unspecified atom stereocenters. The van der Waals surface area contributed by atoms with Crippen LogP contribution in [0.1, 0.15) is 36.2 Å². The molecular formula is C12H16N4O3. The van der Waals surface area contributed by atoms with Crippen molar-refractivity contribution in [1.29, 1.82) is 0 Å². The number of carboxylic acid groups (broad SMARTS) is 1. The molecule has 1 fully saturated rings. The van der Waals surface area contributed by atoms with Crippen LogP contribution in [0.25, 0.3) is 0 Å². The van der Waals surface area contributed by atoms with Gasteiger partial charge in [0.25, 0.3) is 5.91 Å². The van der Waals surface area contributed by atoms with E-state index >= 15 is 0 Å². The Labute approximate surface area is 110 Å². The number of nitrogens with zero attached hydrogens (tertiary/aromatic N) is 3. The third-order valence-corrected chi connectivity index (χ3v) is 3.22. The number of hydrogen-bond donors (Lipinski definition) is 2. The minimum absolute atomic E-state index is 0.0226. The summed E-state index contributed by atoms with van der Waals surface area (Å²) in [6, 6.07) is -0.166. The molecule has 0 aliphatic carbocycles.